The third kappa shape index (κ3) is 2.88. The van der Waals surface area contributed by atoms with E-state index in [-0.39, 0.29) is 0 Å². The first-order valence-electron chi connectivity index (χ1n) is 7.87. The van der Waals surface area contributed by atoms with Crippen LogP contribution in [0.3, 0.4) is 0 Å². The van der Waals surface area contributed by atoms with E-state index in [0.717, 1.165) is 31.9 Å². The van der Waals surface area contributed by atoms with E-state index in [9.17, 15) is 0 Å². The van der Waals surface area contributed by atoms with Gasteiger partial charge in [-0.3, -0.25) is 0 Å². The Morgan fingerprint density at radius 1 is 1.35 bits per heavy atom. The van der Waals surface area contributed by atoms with Gasteiger partial charge in [0, 0.05) is 30.3 Å². The molecule has 3 rings (SSSR count). The molecule has 2 aliphatic heterocycles. The Balaban J connectivity index is 1.95. The molecule has 1 saturated heterocycles. The number of nitrogens with one attached hydrogen (secondary N) is 2. The third-order valence-corrected chi connectivity index (χ3v) is 4.77. The summed E-state index contributed by atoms with van der Waals surface area (Å²) < 4.78 is 0.627. The molecule has 4 nitrogen and oxygen atoms in total. The molecule has 1 unspecified atom stereocenters. The van der Waals surface area contributed by atoms with Crippen LogP contribution in [0.2, 0.25) is 0 Å². The second kappa shape index (κ2) is 6.22. The largest absolute Gasteiger partial charge is 0.370 e. The number of rotatable bonds is 2. The molecular formula is C15H24N4S. The van der Waals surface area contributed by atoms with Crippen LogP contribution in [0.25, 0.3) is 0 Å². The molecule has 3 heterocycles. The minimum absolute atomic E-state index is 0.585. The van der Waals surface area contributed by atoms with Crippen molar-refractivity contribution in [3.63, 3.8) is 0 Å². The SMILES string of the molecule is CCN1CCCC(c2[nH]c(=S)nc3c2CCCCN3)C1. The summed E-state index contributed by atoms with van der Waals surface area (Å²) in [6.45, 7) is 6.80. The number of anilines is 1. The summed E-state index contributed by atoms with van der Waals surface area (Å²) in [4.78, 5) is 10.5. The molecular weight excluding hydrogens is 268 g/mol. The van der Waals surface area contributed by atoms with Gasteiger partial charge in [0.25, 0.3) is 0 Å². The predicted molar refractivity (Wildman–Crippen MR) is 84.9 cm³/mol. The lowest BCUT2D eigenvalue weighted by atomic mass is 9.90. The van der Waals surface area contributed by atoms with Crippen LogP contribution < -0.4 is 5.32 Å². The second-order valence-corrected chi connectivity index (χ2v) is 6.29. The fourth-order valence-electron chi connectivity index (χ4n) is 3.47. The normalized spacial score (nSPS) is 23.8. The van der Waals surface area contributed by atoms with Crippen LogP contribution in [0.5, 0.6) is 0 Å². The molecule has 0 aromatic carbocycles. The van der Waals surface area contributed by atoms with Crippen molar-refractivity contribution in [1.29, 1.82) is 0 Å². The summed E-state index contributed by atoms with van der Waals surface area (Å²) in [6.07, 6.45) is 6.12. The maximum absolute atomic E-state index is 5.34. The fourth-order valence-corrected chi connectivity index (χ4v) is 3.68. The zero-order chi connectivity index (χ0) is 13.9. The van der Waals surface area contributed by atoms with Crippen molar-refractivity contribution in [3.05, 3.63) is 16.0 Å². The predicted octanol–water partition coefficient (Wildman–Crippen LogP) is 3.09. The van der Waals surface area contributed by atoms with Gasteiger partial charge in [-0.2, -0.15) is 0 Å². The number of fused-ring (bicyclic) bond motifs is 1. The van der Waals surface area contributed by atoms with Gasteiger partial charge in [0.1, 0.15) is 5.82 Å². The van der Waals surface area contributed by atoms with E-state index in [1.807, 2.05) is 0 Å². The second-order valence-electron chi connectivity index (χ2n) is 5.90. The van der Waals surface area contributed by atoms with Crippen molar-refractivity contribution < 1.29 is 0 Å². The molecule has 110 valence electrons. The summed E-state index contributed by atoms with van der Waals surface area (Å²) in [5.41, 5.74) is 2.74. The Morgan fingerprint density at radius 2 is 2.25 bits per heavy atom. The van der Waals surface area contributed by atoms with Gasteiger partial charge in [-0.05, 0) is 57.4 Å². The molecule has 1 atom stereocenters. The molecule has 0 spiro atoms. The van der Waals surface area contributed by atoms with Crippen molar-refractivity contribution in [2.24, 2.45) is 0 Å². The summed E-state index contributed by atoms with van der Waals surface area (Å²) in [5, 5.41) is 3.46. The number of H-pyrrole nitrogens is 1. The number of aromatic nitrogens is 2. The van der Waals surface area contributed by atoms with Gasteiger partial charge in [0.2, 0.25) is 0 Å². The molecule has 2 aliphatic rings. The highest BCUT2D eigenvalue weighted by atomic mass is 32.1. The monoisotopic (exact) mass is 292 g/mol. The standard InChI is InChI=1S/C15H24N4S/c1-2-19-9-5-6-11(10-19)13-12-7-3-4-8-16-14(12)18-15(20)17-13/h11H,2-10H2,1H3,(H2,16,17,18,20). The van der Waals surface area contributed by atoms with Gasteiger partial charge in [0.05, 0.1) is 0 Å². The molecule has 5 heteroatoms. The van der Waals surface area contributed by atoms with Crippen LogP contribution in [0.4, 0.5) is 5.82 Å². The van der Waals surface area contributed by atoms with Crippen molar-refractivity contribution in [1.82, 2.24) is 14.9 Å². The highest BCUT2D eigenvalue weighted by molar-refractivity contribution is 7.71. The minimum atomic E-state index is 0.585. The van der Waals surface area contributed by atoms with E-state index in [2.05, 4.69) is 27.1 Å². The van der Waals surface area contributed by atoms with Crippen LogP contribution in [-0.4, -0.2) is 41.0 Å². The maximum atomic E-state index is 5.34. The first kappa shape index (κ1) is 14.0. The van der Waals surface area contributed by atoms with E-state index < -0.39 is 0 Å². The molecule has 0 amide bonds. The number of hydrogen-bond donors (Lipinski definition) is 2. The van der Waals surface area contributed by atoms with Crippen molar-refractivity contribution >= 4 is 18.0 Å². The van der Waals surface area contributed by atoms with Gasteiger partial charge in [-0.1, -0.05) is 6.92 Å². The van der Waals surface area contributed by atoms with Crippen LogP contribution in [0.15, 0.2) is 0 Å². The van der Waals surface area contributed by atoms with Crippen LogP contribution >= 0.6 is 12.2 Å². The van der Waals surface area contributed by atoms with Crippen molar-refractivity contribution in [2.45, 2.75) is 44.9 Å². The first-order chi connectivity index (χ1) is 9.78. The van der Waals surface area contributed by atoms with Gasteiger partial charge < -0.3 is 15.2 Å². The minimum Gasteiger partial charge on any atom is -0.370 e. The van der Waals surface area contributed by atoms with Gasteiger partial charge in [-0.15, -0.1) is 0 Å². The lowest BCUT2D eigenvalue weighted by Gasteiger charge is -2.33. The number of nitrogens with zero attached hydrogens (tertiary/aromatic N) is 2. The van der Waals surface area contributed by atoms with Gasteiger partial charge in [0.15, 0.2) is 4.77 Å². The fraction of sp³-hybridized carbons (Fsp3) is 0.733. The Hall–Kier alpha value is -0.940. The number of hydrogen-bond acceptors (Lipinski definition) is 4. The van der Waals surface area contributed by atoms with Crippen molar-refractivity contribution in [3.8, 4) is 0 Å². The van der Waals surface area contributed by atoms with Crippen LogP contribution in [0, 0.1) is 4.77 Å². The van der Waals surface area contributed by atoms with E-state index >= 15 is 0 Å². The molecule has 1 fully saturated rings. The summed E-state index contributed by atoms with van der Waals surface area (Å²) in [6, 6.07) is 0. The molecule has 20 heavy (non-hydrogen) atoms. The van der Waals surface area contributed by atoms with Gasteiger partial charge >= 0.3 is 0 Å². The smallest absolute Gasteiger partial charge is 0.198 e. The van der Waals surface area contributed by atoms with E-state index in [1.165, 1.54) is 43.5 Å². The Labute approximate surface area is 126 Å². The summed E-state index contributed by atoms with van der Waals surface area (Å²) in [5.74, 6) is 1.62. The summed E-state index contributed by atoms with van der Waals surface area (Å²) in [7, 11) is 0. The zero-order valence-corrected chi connectivity index (χ0v) is 13.1. The Kier molecular flexibility index (Phi) is 4.36. The van der Waals surface area contributed by atoms with Crippen molar-refractivity contribution in [2.75, 3.05) is 31.5 Å². The van der Waals surface area contributed by atoms with Gasteiger partial charge in [-0.25, -0.2) is 4.98 Å². The maximum Gasteiger partial charge on any atom is 0.198 e. The Morgan fingerprint density at radius 3 is 3.10 bits per heavy atom. The number of aromatic amines is 1. The third-order valence-electron chi connectivity index (χ3n) is 4.57. The number of piperidine rings is 1. The van der Waals surface area contributed by atoms with E-state index in [4.69, 9.17) is 12.2 Å². The average Bonchev–Trinajstić information content (AvgIpc) is 2.71. The summed E-state index contributed by atoms with van der Waals surface area (Å²) >= 11 is 5.34. The molecule has 0 saturated carbocycles. The molecule has 0 radical (unpaired) electrons. The molecule has 1 aromatic heterocycles. The number of likely N-dealkylation sites (N-methyl/N-ethyl adjacent to an activating group) is 1. The molecule has 2 N–H and O–H groups in total. The quantitative estimate of drug-likeness (QED) is 0.822. The molecule has 0 bridgehead atoms. The highest BCUT2D eigenvalue weighted by Crippen LogP contribution is 2.32. The van der Waals surface area contributed by atoms with E-state index in [0.29, 0.717) is 10.7 Å². The lowest BCUT2D eigenvalue weighted by Crippen LogP contribution is -2.34. The molecule has 0 aliphatic carbocycles. The van der Waals surface area contributed by atoms with Crippen LogP contribution in [0.1, 0.15) is 49.8 Å². The van der Waals surface area contributed by atoms with Crippen LogP contribution in [-0.2, 0) is 6.42 Å². The Bertz CT molecular complexity index is 525. The first-order valence-corrected chi connectivity index (χ1v) is 8.28. The topological polar surface area (TPSA) is 44.0 Å². The zero-order valence-electron chi connectivity index (χ0n) is 12.2. The highest BCUT2D eigenvalue weighted by Gasteiger charge is 2.25. The number of likely N-dealkylation sites (tertiary alicyclic amines) is 1. The lowest BCUT2D eigenvalue weighted by molar-refractivity contribution is 0.215. The molecule has 1 aromatic rings. The van der Waals surface area contributed by atoms with E-state index in [1.54, 1.807) is 0 Å². The average molecular weight is 292 g/mol.